The molecule has 5 nitrogen and oxygen atoms in total. The molecule has 1 aliphatic heterocycles. The fourth-order valence-electron chi connectivity index (χ4n) is 3.17. The molecule has 0 bridgehead atoms. The van der Waals surface area contributed by atoms with Crippen LogP contribution < -0.4 is 14.8 Å². The first-order valence-corrected chi connectivity index (χ1v) is 9.18. The Bertz CT molecular complexity index is 513. The van der Waals surface area contributed by atoms with Crippen molar-refractivity contribution < 1.29 is 14.6 Å². The van der Waals surface area contributed by atoms with Crippen molar-refractivity contribution >= 4 is 0 Å². The predicted molar refractivity (Wildman–Crippen MR) is 94.6 cm³/mol. The number of aliphatic hydroxyl groups excluding tert-OH is 1. The first-order chi connectivity index (χ1) is 11.7. The van der Waals surface area contributed by atoms with Crippen LogP contribution in [0.5, 0.6) is 11.5 Å². The maximum absolute atomic E-state index is 10.3. The van der Waals surface area contributed by atoms with E-state index in [-0.39, 0.29) is 0 Å². The van der Waals surface area contributed by atoms with E-state index in [0.29, 0.717) is 24.9 Å². The third-order valence-electron chi connectivity index (χ3n) is 4.75. The van der Waals surface area contributed by atoms with E-state index in [1.54, 1.807) is 7.11 Å². The van der Waals surface area contributed by atoms with Crippen molar-refractivity contribution in [3.8, 4) is 11.5 Å². The molecule has 0 unspecified atom stereocenters. The van der Waals surface area contributed by atoms with E-state index in [1.165, 1.54) is 37.7 Å². The average Bonchev–Trinajstić information content (AvgIpc) is 3.43. The van der Waals surface area contributed by atoms with Gasteiger partial charge in [0.25, 0.3) is 0 Å². The Hall–Kier alpha value is -1.30. The zero-order chi connectivity index (χ0) is 16.8. The zero-order valence-corrected chi connectivity index (χ0v) is 14.7. The van der Waals surface area contributed by atoms with Crippen molar-refractivity contribution in [3.05, 3.63) is 23.8 Å². The Morgan fingerprint density at radius 2 is 2.00 bits per heavy atom. The summed E-state index contributed by atoms with van der Waals surface area (Å²) in [5, 5.41) is 13.8. The highest BCUT2D eigenvalue weighted by Gasteiger charge is 2.20. The van der Waals surface area contributed by atoms with Crippen LogP contribution in [0, 0.1) is 0 Å². The topological polar surface area (TPSA) is 54.0 Å². The third kappa shape index (κ3) is 5.36. The Labute approximate surface area is 144 Å². The minimum atomic E-state index is -0.471. The SMILES string of the molecule is COc1ccc(CNC2CC2)cc1OC[C@H](O)CN1CCCCC1. The minimum absolute atomic E-state index is 0.298. The van der Waals surface area contributed by atoms with E-state index in [1.807, 2.05) is 12.1 Å². The number of hydrogen-bond donors (Lipinski definition) is 2. The van der Waals surface area contributed by atoms with Gasteiger partial charge in [-0.3, -0.25) is 0 Å². The lowest BCUT2D eigenvalue weighted by Gasteiger charge is -2.28. The van der Waals surface area contributed by atoms with Gasteiger partial charge in [-0.25, -0.2) is 0 Å². The molecule has 3 rings (SSSR count). The second kappa shape index (κ2) is 8.70. The second-order valence-electron chi connectivity index (χ2n) is 6.97. The molecule has 0 amide bonds. The van der Waals surface area contributed by atoms with E-state index < -0.39 is 6.10 Å². The van der Waals surface area contributed by atoms with Gasteiger partial charge in [0.05, 0.1) is 7.11 Å². The molecule has 2 aliphatic rings. The van der Waals surface area contributed by atoms with Gasteiger partial charge in [0.2, 0.25) is 0 Å². The summed E-state index contributed by atoms with van der Waals surface area (Å²) in [5.74, 6) is 1.43. The van der Waals surface area contributed by atoms with E-state index in [2.05, 4.69) is 16.3 Å². The number of piperidine rings is 1. The van der Waals surface area contributed by atoms with Gasteiger partial charge in [0.1, 0.15) is 12.7 Å². The lowest BCUT2D eigenvalue weighted by Crippen LogP contribution is -2.38. The molecule has 1 heterocycles. The van der Waals surface area contributed by atoms with Crippen molar-refractivity contribution in [2.75, 3.05) is 33.4 Å². The van der Waals surface area contributed by atoms with Crippen molar-refractivity contribution in [2.45, 2.75) is 50.8 Å². The molecule has 1 atom stereocenters. The first-order valence-electron chi connectivity index (χ1n) is 9.18. The molecule has 1 aromatic rings. The zero-order valence-electron chi connectivity index (χ0n) is 14.7. The lowest BCUT2D eigenvalue weighted by molar-refractivity contribution is 0.0608. The van der Waals surface area contributed by atoms with Gasteiger partial charge in [-0.05, 0) is 56.5 Å². The van der Waals surface area contributed by atoms with E-state index >= 15 is 0 Å². The van der Waals surface area contributed by atoms with Gasteiger partial charge in [0.15, 0.2) is 11.5 Å². The maximum atomic E-state index is 10.3. The van der Waals surface area contributed by atoms with Crippen LogP contribution in [-0.2, 0) is 6.54 Å². The molecule has 134 valence electrons. The Kier molecular flexibility index (Phi) is 6.35. The summed E-state index contributed by atoms with van der Waals surface area (Å²) in [5.41, 5.74) is 1.18. The number of rotatable bonds is 9. The van der Waals surface area contributed by atoms with E-state index in [0.717, 1.165) is 25.4 Å². The van der Waals surface area contributed by atoms with E-state index in [9.17, 15) is 5.11 Å². The second-order valence-corrected chi connectivity index (χ2v) is 6.97. The number of hydrogen-bond acceptors (Lipinski definition) is 5. The van der Waals surface area contributed by atoms with Crippen LogP contribution in [0.15, 0.2) is 18.2 Å². The number of β-amino-alcohol motifs (C(OH)–C–C–N with tert-alkyl or cyclic N) is 1. The highest BCUT2D eigenvalue weighted by molar-refractivity contribution is 5.43. The summed E-state index contributed by atoms with van der Waals surface area (Å²) in [6, 6.07) is 6.70. The molecule has 0 radical (unpaired) electrons. The molecule has 1 saturated carbocycles. The number of nitrogens with one attached hydrogen (secondary N) is 1. The number of ether oxygens (including phenoxy) is 2. The molecule has 24 heavy (non-hydrogen) atoms. The summed E-state index contributed by atoms with van der Waals surface area (Å²) in [6.45, 7) is 4.00. The molecule has 5 heteroatoms. The molecular weight excluding hydrogens is 304 g/mol. The van der Waals surface area contributed by atoms with E-state index in [4.69, 9.17) is 9.47 Å². The van der Waals surface area contributed by atoms with Crippen LogP contribution in [-0.4, -0.2) is 55.5 Å². The highest BCUT2D eigenvalue weighted by atomic mass is 16.5. The normalized spacial score (nSPS) is 19.9. The van der Waals surface area contributed by atoms with Gasteiger partial charge in [-0.1, -0.05) is 12.5 Å². The minimum Gasteiger partial charge on any atom is -0.493 e. The molecule has 1 aliphatic carbocycles. The number of aliphatic hydroxyl groups is 1. The van der Waals surface area contributed by atoms with Crippen LogP contribution in [0.4, 0.5) is 0 Å². The van der Waals surface area contributed by atoms with Crippen molar-refractivity contribution in [1.82, 2.24) is 10.2 Å². The monoisotopic (exact) mass is 334 g/mol. The van der Waals surface area contributed by atoms with Crippen molar-refractivity contribution in [2.24, 2.45) is 0 Å². The van der Waals surface area contributed by atoms with Crippen LogP contribution in [0.1, 0.15) is 37.7 Å². The molecular formula is C19H30N2O3. The van der Waals surface area contributed by atoms with Crippen LogP contribution in [0.2, 0.25) is 0 Å². The van der Waals surface area contributed by atoms with Gasteiger partial charge in [-0.15, -0.1) is 0 Å². The largest absolute Gasteiger partial charge is 0.493 e. The lowest BCUT2D eigenvalue weighted by atomic mass is 10.1. The number of nitrogens with zero attached hydrogens (tertiary/aromatic N) is 1. The molecule has 0 spiro atoms. The highest BCUT2D eigenvalue weighted by Crippen LogP contribution is 2.29. The third-order valence-corrected chi connectivity index (χ3v) is 4.75. The summed E-state index contributed by atoms with van der Waals surface area (Å²) >= 11 is 0. The van der Waals surface area contributed by atoms with Gasteiger partial charge in [-0.2, -0.15) is 0 Å². The molecule has 2 N–H and O–H groups in total. The fraction of sp³-hybridized carbons (Fsp3) is 0.684. The maximum Gasteiger partial charge on any atom is 0.161 e. The van der Waals surface area contributed by atoms with Crippen molar-refractivity contribution in [3.63, 3.8) is 0 Å². The Balaban J connectivity index is 1.50. The van der Waals surface area contributed by atoms with Crippen molar-refractivity contribution in [1.29, 1.82) is 0 Å². The number of likely N-dealkylation sites (tertiary alicyclic amines) is 1. The van der Waals surface area contributed by atoms with Gasteiger partial charge >= 0.3 is 0 Å². The molecule has 0 aromatic heterocycles. The van der Waals surface area contributed by atoms with Crippen LogP contribution in [0.25, 0.3) is 0 Å². The Morgan fingerprint density at radius 3 is 2.71 bits per heavy atom. The summed E-state index contributed by atoms with van der Waals surface area (Å²) in [7, 11) is 1.65. The predicted octanol–water partition coefficient (Wildman–Crippen LogP) is 2.17. The van der Waals surface area contributed by atoms with Crippen LogP contribution >= 0.6 is 0 Å². The number of benzene rings is 1. The summed E-state index contributed by atoms with van der Waals surface area (Å²) in [6.07, 6.45) is 5.86. The fourth-order valence-corrected chi connectivity index (χ4v) is 3.17. The van der Waals surface area contributed by atoms with Gasteiger partial charge in [0, 0.05) is 19.1 Å². The standard InChI is InChI=1S/C19H30N2O3/c1-23-18-8-5-15(12-20-16-6-7-16)11-19(18)24-14-17(22)13-21-9-3-2-4-10-21/h5,8,11,16-17,20,22H,2-4,6-7,9-10,12-14H2,1H3/t17-/m1/s1. The quantitative estimate of drug-likeness (QED) is 0.725. The number of methoxy groups -OCH3 is 1. The van der Waals surface area contributed by atoms with Gasteiger partial charge < -0.3 is 24.8 Å². The average molecular weight is 334 g/mol. The summed E-state index contributed by atoms with van der Waals surface area (Å²) < 4.78 is 11.2. The van der Waals surface area contributed by atoms with Crippen LogP contribution in [0.3, 0.4) is 0 Å². The molecule has 2 fully saturated rings. The molecule has 1 saturated heterocycles. The first kappa shape index (κ1) is 17.5. The Morgan fingerprint density at radius 1 is 1.21 bits per heavy atom. The summed E-state index contributed by atoms with van der Waals surface area (Å²) in [4.78, 5) is 2.32. The molecule has 1 aromatic carbocycles. The smallest absolute Gasteiger partial charge is 0.161 e.